The standard InChI is InChI=1S/C13H13N3O4/c17-11-13(7-1-2-8-13)14-12(18)15(11)9-3-5-10(6-4-9)16(19)20/h3-6H,1-2,7-8H2,(H,14,18). The maximum absolute atomic E-state index is 12.5. The third-order valence-electron chi connectivity index (χ3n) is 3.94. The van der Waals surface area contributed by atoms with Crippen molar-refractivity contribution in [2.75, 3.05) is 4.90 Å². The van der Waals surface area contributed by atoms with Crippen molar-refractivity contribution in [1.29, 1.82) is 0 Å². The Balaban J connectivity index is 1.92. The van der Waals surface area contributed by atoms with Crippen LogP contribution in [0.5, 0.6) is 0 Å². The lowest BCUT2D eigenvalue weighted by Crippen LogP contribution is -2.44. The van der Waals surface area contributed by atoms with Gasteiger partial charge in [-0.2, -0.15) is 0 Å². The number of anilines is 1. The Kier molecular flexibility index (Phi) is 2.70. The number of carbonyl (C=O) groups excluding carboxylic acids is 2. The van der Waals surface area contributed by atoms with Crippen molar-refractivity contribution in [2.24, 2.45) is 0 Å². The van der Waals surface area contributed by atoms with E-state index < -0.39 is 16.5 Å². The summed E-state index contributed by atoms with van der Waals surface area (Å²) >= 11 is 0. The minimum atomic E-state index is -0.765. The molecule has 104 valence electrons. The lowest BCUT2D eigenvalue weighted by Gasteiger charge is -2.19. The summed E-state index contributed by atoms with van der Waals surface area (Å²) in [6.45, 7) is 0. The van der Waals surface area contributed by atoms with E-state index in [1.807, 2.05) is 0 Å². The van der Waals surface area contributed by atoms with Crippen molar-refractivity contribution in [1.82, 2.24) is 5.32 Å². The fourth-order valence-corrected chi connectivity index (χ4v) is 2.90. The van der Waals surface area contributed by atoms with E-state index in [9.17, 15) is 19.7 Å². The highest BCUT2D eigenvalue weighted by atomic mass is 16.6. The summed E-state index contributed by atoms with van der Waals surface area (Å²) in [5, 5.41) is 13.4. The van der Waals surface area contributed by atoms with Crippen molar-refractivity contribution in [3.05, 3.63) is 34.4 Å². The van der Waals surface area contributed by atoms with Gasteiger partial charge in [0.2, 0.25) is 0 Å². The van der Waals surface area contributed by atoms with Gasteiger partial charge in [-0.15, -0.1) is 0 Å². The molecule has 0 radical (unpaired) electrons. The minimum absolute atomic E-state index is 0.0728. The first-order valence-electron chi connectivity index (χ1n) is 6.45. The third-order valence-corrected chi connectivity index (χ3v) is 3.94. The summed E-state index contributed by atoms with van der Waals surface area (Å²) in [5.41, 5.74) is -0.475. The van der Waals surface area contributed by atoms with Crippen molar-refractivity contribution < 1.29 is 14.5 Å². The smallest absolute Gasteiger partial charge is 0.323 e. The van der Waals surface area contributed by atoms with Crippen molar-refractivity contribution in [3.63, 3.8) is 0 Å². The number of urea groups is 1. The second kappa shape index (κ2) is 4.29. The largest absolute Gasteiger partial charge is 0.329 e. The number of nitro groups is 1. The Morgan fingerprint density at radius 1 is 1.15 bits per heavy atom. The number of hydrogen-bond donors (Lipinski definition) is 1. The Morgan fingerprint density at radius 2 is 1.75 bits per heavy atom. The van der Waals surface area contributed by atoms with Gasteiger partial charge in [0, 0.05) is 12.1 Å². The van der Waals surface area contributed by atoms with Crippen molar-refractivity contribution in [2.45, 2.75) is 31.2 Å². The molecule has 7 nitrogen and oxygen atoms in total. The normalized spacial score (nSPS) is 20.5. The number of hydrogen-bond acceptors (Lipinski definition) is 4. The van der Waals surface area contributed by atoms with Gasteiger partial charge in [-0.1, -0.05) is 12.8 Å². The molecule has 2 aliphatic rings. The van der Waals surface area contributed by atoms with Gasteiger partial charge >= 0.3 is 6.03 Å². The summed E-state index contributed by atoms with van der Waals surface area (Å²) in [6, 6.07) is 4.96. The van der Waals surface area contributed by atoms with Crippen LogP contribution in [0.3, 0.4) is 0 Å². The summed E-state index contributed by atoms with van der Waals surface area (Å²) < 4.78 is 0. The lowest BCUT2D eigenvalue weighted by molar-refractivity contribution is -0.384. The first-order valence-corrected chi connectivity index (χ1v) is 6.45. The van der Waals surface area contributed by atoms with Crippen LogP contribution in [0, 0.1) is 10.1 Å². The molecule has 3 amide bonds. The Hall–Kier alpha value is -2.44. The molecule has 1 heterocycles. The zero-order valence-electron chi connectivity index (χ0n) is 10.7. The zero-order valence-corrected chi connectivity index (χ0v) is 10.7. The molecule has 1 saturated heterocycles. The summed E-state index contributed by atoms with van der Waals surface area (Å²) in [6.07, 6.45) is 3.14. The first-order chi connectivity index (χ1) is 9.53. The molecule has 1 N–H and O–H groups in total. The molecule has 0 unspecified atom stereocenters. The minimum Gasteiger partial charge on any atom is -0.323 e. The van der Waals surface area contributed by atoms with Gasteiger partial charge in [-0.05, 0) is 25.0 Å². The molecule has 0 bridgehead atoms. The third kappa shape index (κ3) is 1.74. The molecule has 1 aromatic carbocycles. The molecule has 2 fully saturated rings. The predicted molar refractivity (Wildman–Crippen MR) is 70.3 cm³/mol. The average Bonchev–Trinajstić information content (AvgIpc) is 2.97. The van der Waals surface area contributed by atoms with Crippen LogP contribution in [0.2, 0.25) is 0 Å². The molecule has 1 saturated carbocycles. The van der Waals surface area contributed by atoms with Gasteiger partial charge in [-0.3, -0.25) is 14.9 Å². The molecule has 0 aromatic heterocycles. The van der Waals surface area contributed by atoms with Crippen molar-refractivity contribution in [3.8, 4) is 0 Å². The second-order valence-corrected chi connectivity index (χ2v) is 5.13. The molecule has 1 spiro atoms. The van der Waals surface area contributed by atoms with Crippen LogP contribution in [0.15, 0.2) is 24.3 Å². The SMILES string of the molecule is O=C1NC2(CCCC2)C(=O)N1c1ccc([N+](=O)[O-])cc1. The van der Waals surface area contributed by atoms with E-state index in [-0.39, 0.29) is 11.6 Å². The monoisotopic (exact) mass is 275 g/mol. The molecule has 7 heteroatoms. The van der Waals surface area contributed by atoms with E-state index >= 15 is 0 Å². The van der Waals surface area contributed by atoms with Gasteiger partial charge in [0.05, 0.1) is 10.6 Å². The van der Waals surface area contributed by atoms with Gasteiger partial charge in [0.1, 0.15) is 5.54 Å². The van der Waals surface area contributed by atoms with Gasteiger partial charge < -0.3 is 5.32 Å². The highest BCUT2D eigenvalue weighted by Gasteiger charge is 2.52. The number of benzene rings is 1. The van der Waals surface area contributed by atoms with Crippen LogP contribution in [-0.2, 0) is 4.79 Å². The molecule has 0 atom stereocenters. The number of rotatable bonds is 2. The number of carbonyl (C=O) groups is 2. The van der Waals surface area contributed by atoms with E-state index in [1.54, 1.807) is 0 Å². The maximum Gasteiger partial charge on any atom is 0.329 e. The van der Waals surface area contributed by atoms with E-state index in [4.69, 9.17) is 0 Å². The number of nitrogens with one attached hydrogen (secondary N) is 1. The van der Waals surface area contributed by atoms with Crippen LogP contribution in [-0.4, -0.2) is 22.4 Å². The quantitative estimate of drug-likeness (QED) is 0.507. The first kappa shape index (κ1) is 12.6. The molecule has 3 rings (SSSR count). The number of amides is 3. The van der Waals surface area contributed by atoms with Gasteiger partial charge in [0.25, 0.3) is 11.6 Å². The highest BCUT2D eigenvalue weighted by molar-refractivity contribution is 6.23. The molecule has 1 aliphatic carbocycles. The van der Waals surface area contributed by atoms with Crippen LogP contribution < -0.4 is 10.2 Å². The molecule has 20 heavy (non-hydrogen) atoms. The molecular formula is C13H13N3O4. The maximum atomic E-state index is 12.5. The topological polar surface area (TPSA) is 92.6 Å². The van der Waals surface area contributed by atoms with Crippen LogP contribution in [0.4, 0.5) is 16.2 Å². The Bertz CT molecular complexity index is 590. The van der Waals surface area contributed by atoms with Crippen LogP contribution in [0.25, 0.3) is 0 Å². The highest BCUT2D eigenvalue weighted by Crippen LogP contribution is 2.37. The lowest BCUT2D eigenvalue weighted by atomic mass is 9.98. The van der Waals surface area contributed by atoms with Crippen LogP contribution in [0.1, 0.15) is 25.7 Å². The van der Waals surface area contributed by atoms with Crippen LogP contribution >= 0.6 is 0 Å². The summed E-state index contributed by atoms with van der Waals surface area (Å²) in [7, 11) is 0. The summed E-state index contributed by atoms with van der Waals surface area (Å²) in [5.74, 6) is -0.256. The second-order valence-electron chi connectivity index (χ2n) is 5.13. The van der Waals surface area contributed by atoms with Crippen molar-refractivity contribution >= 4 is 23.3 Å². The van der Waals surface area contributed by atoms with Gasteiger partial charge in [0.15, 0.2) is 0 Å². The fraction of sp³-hybridized carbons (Fsp3) is 0.385. The number of nitrogens with zero attached hydrogens (tertiary/aromatic N) is 2. The number of non-ortho nitro benzene ring substituents is 1. The van der Waals surface area contributed by atoms with Gasteiger partial charge in [-0.25, -0.2) is 9.69 Å². The fourth-order valence-electron chi connectivity index (χ4n) is 2.90. The zero-order chi connectivity index (χ0) is 14.3. The van der Waals surface area contributed by atoms with E-state index in [1.165, 1.54) is 24.3 Å². The summed E-state index contributed by atoms with van der Waals surface area (Å²) in [4.78, 5) is 35.7. The van der Waals surface area contributed by atoms with E-state index in [0.29, 0.717) is 18.5 Å². The number of nitro benzene ring substituents is 1. The Morgan fingerprint density at radius 3 is 2.30 bits per heavy atom. The molecular weight excluding hydrogens is 262 g/mol. The number of imide groups is 1. The molecule has 1 aliphatic heterocycles. The van der Waals surface area contributed by atoms with E-state index in [0.717, 1.165) is 17.7 Å². The molecule has 1 aromatic rings. The predicted octanol–water partition coefficient (Wildman–Crippen LogP) is 1.96. The van der Waals surface area contributed by atoms with E-state index in [2.05, 4.69) is 5.32 Å². The average molecular weight is 275 g/mol. The Labute approximate surface area is 114 Å².